The van der Waals surface area contributed by atoms with Gasteiger partial charge in [-0.05, 0) is 35.4 Å². The molecule has 0 unspecified atom stereocenters. The summed E-state index contributed by atoms with van der Waals surface area (Å²) in [6, 6.07) is 6.25. The Bertz CT molecular complexity index is 918. The van der Waals surface area contributed by atoms with Crippen LogP contribution in [0.1, 0.15) is 11.1 Å². The minimum Gasteiger partial charge on any atom is -0.493 e. The molecule has 0 spiro atoms. The molecule has 0 radical (unpaired) electrons. The van der Waals surface area contributed by atoms with E-state index in [1.807, 2.05) is 0 Å². The number of methoxy groups -OCH3 is 6. The summed E-state index contributed by atoms with van der Waals surface area (Å²) >= 11 is 0. The molecular formula is C24H30O12. The van der Waals surface area contributed by atoms with Crippen molar-refractivity contribution in [3.63, 3.8) is 0 Å². The predicted octanol–water partition coefficient (Wildman–Crippen LogP) is 2.38. The average molecular weight is 510 g/mol. The van der Waals surface area contributed by atoms with Gasteiger partial charge in [-0.1, -0.05) is 0 Å². The van der Waals surface area contributed by atoms with E-state index in [4.69, 9.17) is 37.9 Å². The summed E-state index contributed by atoms with van der Waals surface area (Å²) in [7, 11) is 8.61. The Morgan fingerprint density at radius 1 is 0.583 bits per heavy atom. The summed E-state index contributed by atoms with van der Waals surface area (Å²) in [5.41, 5.74) is 0.925. The van der Waals surface area contributed by atoms with E-state index in [9.17, 15) is 19.8 Å². The maximum Gasteiger partial charge on any atom is 0.336 e. The first-order valence-electron chi connectivity index (χ1n) is 10.5. The third-order valence-corrected chi connectivity index (χ3v) is 5.07. The zero-order valence-electron chi connectivity index (χ0n) is 20.9. The highest BCUT2D eigenvalue weighted by Crippen LogP contribution is 2.39. The van der Waals surface area contributed by atoms with Gasteiger partial charge in [-0.2, -0.15) is 0 Å². The molecule has 0 amide bonds. The minimum absolute atomic E-state index is 0.273. The van der Waals surface area contributed by atoms with E-state index in [2.05, 4.69) is 0 Å². The Hall–Kier alpha value is -3.90. The van der Waals surface area contributed by atoms with E-state index in [0.717, 1.165) is 0 Å². The summed E-state index contributed by atoms with van der Waals surface area (Å²) in [4.78, 5) is 23.8. The fourth-order valence-corrected chi connectivity index (χ4v) is 3.39. The Balaban J connectivity index is 2.25. The zero-order valence-corrected chi connectivity index (χ0v) is 20.9. The van der Waals surface area contributed by atoms with Crippen molar-refractivity contribution < 1.29 is 57.7 Å². The second kappa shape index (κ2) is 13.3. The molecule has 0 aliphatic rings. The summed E-state index contributed by atoms with van der Waals surface area (Å²) in [5.74, 6) is -1.02. The van der Waals surface area contributed by atoms with Crippen LogP contribution in [-0.4, -0.2) is 77.0 Å². The van der Waals surface area contributed by atoms with Gasteiger partial charge < -0.3 is 48.1 Å². The molecule has 2 aromatic rings. The largest absolute Gasteiger partial charge is 0.493 e. The predicted molar refractivity (Wildman–Crippen MR) is 125 cm³/mol. The average Bonchev–Trinajstić information content (AvgIpc) is 2.88. The lowest BCUT2D eigenvalue weighted by Crippen LogP contribution is -2.43. The van der Waals surface area contributed by atoms with Crippen molar-refractivity contribution in [3.8, 4) is 34.5 Å². The van der Waals surface area contributed by atoms with Gasteiger partial charge in [0.05, 0.1) is 55.9 Å². The summed E-state index contributed by atoms with van der Waals surface area (Å²) in [6.07, 6.45) is -3.66. The summed E-state index contributed by atoms with van der Waals surface area (Å²) in [6.45, 7) is -0.546. The second-order valence-corrected chi connectivity index (χ2v) is 7.21. The van der Waals surface area contributed by atoms with Crippen LogP contribution in [0.15, 0.2) is 24.3 Å². The fourth-order valence-electron chi connectivity index (χ4n) is 3.39. The maximum absolute atomic E-state index is 11.9. The van der Waals surface area contributed by atoms with Crippen LogP contribution in [0, 0.1) is 0 Å². The molecule has 2 N–H and O–H groups in total. The number of carbonyl (C=O) groups is 2. The van der Waals surface area contributed by atoms with Crippen LogP contribution in [0.5, 0.6) is 34.5 Å². The standard InChI is InChI=1S/C24H30O12/c1-29-15-7-13(8-16(30-2)19(15)33-5)11-35-21(23(25)26)22(24(27)28)36-12-14-9-17(31-3)20(34-6)18(10-14)32-4/h7-10,21-22H,11-12H2,1-6H3,(H,25,26)(H,27,28)/t21-,22-/m0/s1. The van der Waals surface area contributed by atoms with E-state index in [1.165, 1.54) is 42.7 Å². The fraction of sp³-hybridized carbons (Fsp3) is 0.417. The van der Waals surface area contributed by atoms with Gasteiger partial charge in [0.2, 0.25) is 11.5 Å². The molecule has 0 aliphatic heterocycles. The Labute approximate surface area is 208 Å². The van der Waals surface area contributed by atoms with Crippen LogP contribution in [0.25, 0.3) is 0 Å². The summed E-state index contributed by atoms with van der Waals surface area (Å²) < 4.78 is 42.6. The molecule has 0 saturated carbocycles. The number of aliphatic carboxylic acids is 2. The molecule has 0 heterocycles. The SMILES string of the molecule is COc1cc(CO[C@H](C(=O)O)[C@H](OCc2cc(OC)c(OC)c(OC)c2)C(=O)O)cc(OC)c1OC. The smallest absolute Gasteiger partial charge is 0.336 e. The van der Waals surface area contributed by atoms with Gasteiger partial charge >= 0.3 is 11.9 Å². The van der Waals surface area contributed by atoms with Gasteiger partial charge in [0.15, 0.2) is 35.2 Å². The van der Waals surface area contributed by atoms with Crippen molar-refractivity contribution in [1.82, 2.24) is 0 Å². The zero-order chi connectivity index (χ0) is 26.8. The lowest BCUT2D eigenvalue weighted by molar-refractivity contribution is -0.179. The quantitative estimate of drug-likeness (QED) is 0.362. The molecular weight excluding hydrogens is 480 g/mol. The molecule has 12 nitrogen and oxygen atoms in total. The van der Waals surface area contributed by atoms with Crippen molar-refractivity contribution in [3.05, 3.63) is 35.4 Å². The number of rotatable bonds is 15. The van der Waals surface area contributed by atoms with Crippen LogP contribution in [0.3, 0.4) is 0 Å². The third-order valence-electron chi connectivity index (χ3n) is 5.07. The van der Waals surface area contributed by atoms with Gasteiger partial charge in [0, 0.05) is 0 Å². The number of hydrogen-bond donors (Lipinski definition) is 2. The lowest BCUT2D eigenvalue weighted by atomic mass is 10.1. The van der Waals surface area contributed by atoms with Gasteiger partial charge in [0.25, 0.3) is 0 Å². The molecule has 0 aromatic heterocycles. The Morgan fingerprint density at radius 3 is 1.06 bits per heavy atom. The molecule has 0 aliphatic carbocycles. The topological polar surface area (TPSA) is 148 Å². The molecule has 0 bridgehead atoms. The normalized spacial score (nSPS) is 12.3. The number of hydrogen-bond acceptors (Lipinski definition) is 10. The number of carboxylic acids is 2. The van der Waals surface area contributed by atoms with Crippen molar-refractivity contribution in [2.24, 2.45) is 0 Å². The first-order valence-corrected chi connectivity index (χ1v) is 10.5. The van der Waals surface area contributed by atoms with E-state index >= 15 is 0 Å². The van der Waals surface area contributed by atoms with Crippen molar-refractivity contribution in [2.75, 3.05) is 42.7 Å². The van der Waals surface area contributed by atoms with Crippen LogP contribution < -0.4 is 28.4 Å². The molecule has 0 saturated heterocycles. The number of ether oxygens (including phenoxy) is 8. The second-order valence-electron chi connectivity index (χ2n) is 7.21. The number of carboxylic acid groups (broad SMARTS) is 2. The Kier molecular flexibility index (Phi) is 10.4. The van der Waals surface area contributed by atoms with Crippen LogP contribution in [0.2, 0.25) is 0 Å². The van der Waals surface area contributed by atoms with Gasteiger partial charge in [0.1, 0.15) is 0 Å². The monoisotopic (exact) mass is 510 g/mol. The maximum atomic E-state index is 11.9. The summed E-state index contributed by atoms with van der Waals surface area (Å²) in [5, 5.41) is 19.4. The number of benzene rings is 2. The van der Waals surface area contributed by atoms with E-state index < -0.39 is 24.1 Å². The van der Waals surface area contributed by atoms with Gasteiger partial charge in [-0.3, -0.25) is 0 Å². The lowest BCUT2D eigenvalue weighted by Gasteiger charge is -2.22. The molecule has 36 heavy (non-hydrogen) atoms. The minimum atomic E-state index is -1.83. The van der Waals surface area contributed by atoms with Gasteiger partial charge in [-0.15, -0.1) is 0 Å². The highest BCUT2D eigenvalue weighted by Gasteiger charge is 2.36. The molecule has 2 aromatic carbocycles. The van der Waals surface area contributed by atoms with Crippen LogP contribution in [-0.2, 0) is 32.3 Å². The van der Waals surface area contributed by atoms with Crippen molar-refractivity contribution >= 4 is 11.9 Å². The van der Waals surface area contributed by atoms with E-state index in [0.29, 0.717) is 45.6 Å². The van der Waals surface area contributed by atoms with Gasteiger partial charge in [-0.25, -0.2) is 9.59 Å². The molecule has 12 heteroatoms. The van der Waals surface area contributed by atoms with E-state index in [1.54, 1.807) is 24.3 Å². The molecule has 198 valence electrons. The molecule has 0 fully saturated rings. The van der Waals surface area contributed by atoms with Crippen LogP contribution in [0.4, 0.5) is 0 Å². The molecule has 2 rings (SSSR count). The van der Waals surface area contributed by atoms with E-state index in [-0.39, 0.29) is 13.2 Å². The first kappa shape index (κ1) is 28.3. The highest BCUT2D eigenvalue weighted by molar-refractivity contribution is 5.83. The van der Waals surface area contributed by atoms with Crippen molar-refractivity contribution in [1.29, 1.82) is 0 Å². The highest BCUT2D eigenvalue weighted by atomic mass is 16.6. The first-order chi connectivity index (χ1) is 17.2. The third kappa shape index (κ3) is 6.61. The Morgan fingerprint density at radius 2 is 0.861 bits per heavy atom. The molecule has 2 atom stereocenters. The van der Waals surface area contributed by atoms with Crippen LogP contribution >= 0.6 is 0 Å². The van der Waals surface area contributed by atoms with Crippen molar-refractivity contribution in [2.45, 2.75) is 25.4 Å².